The fourth-order valence-corrected chi connectivity index (χ4v) is 3.08. The van der Waals surface area contributed by atoms with Gasteiger partial charge in [0.1, 0.15) is 12.4 Å². The summed E-state index contributed by atoms with van der Waals surface area (Å²) in [5.74, 6) is 0.559. The van der Waals surface area contributed by atoms with Gasteiger partial charge in [0.05, 0.1) is 18.3 Å². The van der Waals surface area contributed by atoms with Crippen LogP contribution in [0, 0.1) is 5.82 Å². The molecular formula is C20H19FN2O3S. The van der Waals surface area contributed by atoms with Gasteiger partial charge in [-0.1, -0.05) is 12.1 Å². The fourth-order valence-electron chi connectivity index (χ4n) is 2.54. The van der Waals surface area contributed by atoms with Crippen LogP contribution in [0.25, 0.3) is 0 Å². The molecule has 3 rings (SSSR count). The molecule has 7 heteroatoms. The summed E-state index contributed by atoms with van der Waals surface area (Å²) >= 11 is 1.50. The van der Waals surface area contributed by atoms with Crippen LogP contribution < -0.4 is 9.47 Å². The number of carbonyl (C=O) groups excluding carboxylic acids is 1. The highest BCUT2D eigenvalue weighted by Gasteiger charge is 2.15. The van der Waals surface area contributed by atoms with Crippen molar-refractivity contribution < 1.29 is 18.7 Å². The molecule has 0 radical (unpaired) electrons. The van der Waals surface area contributed by atoms with Crippen molar-refractivity contribution in [1.82, 2.24) is 9.88 Å². The number of carbonyl (C=O) groups is 1. The topological polar surface area (TPSA) is 51.7 Å². The quantitative estimate of drug-likeness (QED) is 0.612. The van der Waals surface area contributed by atoms with Crippen molar-refractivity contribution in [2.45, 2.75) is 13.2 Å². The normalized spacial score (nSPS) is 10.5. The zero-order valence-electron chi connectivity index (χ0n) is 15.0. The molecular weight excluding hydrogens is 367 g/mol. The number of halogens is 1. The first-order valence-corrected chi connectivity index (χ1v) is 9.19. The number of ether oxygens (including phenoxy) is 2. The Labute approximate surface area is 161 Å². The third kappa shape index (κ3) is 4.83. The van der Waals surface area contributed by atoms with Gasteiger partial charge in [-0.2, -0.15) is 0 Å². The van der Waals surface area contributed by atoms with E-state index in [-0.39, 0.29) is 11.7 Å². The highest BCUT2D eigenvalue weighted by Crippen LogP contribution is 2.29. The second kappa shape index (κ2) is 8.64. The number of benzene rings is 2. The van der Waals surface area contributed by atoms with Gasteiger partial charge in [-0.05, 0) is 35.9 Å². The largest absolute Gasteiger partial charge is 0.493 e. The summed E-state index contributed by atoms with van der Waals surface area (Å²) in [5.41, 5.74) is 3.91. The molecule has 1 heterocycles. The molecule has 0 saturated carbocycles. The molecule has 3 aromatic rings. The average Bonchev–Trinajstić information content (AvgIpc) is 3.21. The van der Waals surface area contributed by atoms with Gasteiger partial charge in [0.15, 0.2) is 11.5 Å². The minimum absolute atomic E-state index is 0.163. The van der Waals surface area contributed by atoms with Crippen LogP contribution in [0.15, 0.2) is 53.4 Å². The Morgan fingerprint density at radius 3 is 2.63 bits per heavy atom. The van der Waals surface area contributed by atoms with Crippen molar-refractivity contribution in [3.05, 3.63) is 76.0 Å². The van der Waals surface area contributed by atoms with Gasteiger partial charge in [-0.15, -0.1) is 11.3 Å². The SMILES string of the molecule is COc1cc(C(=O)N(C)Cc2ccc(F)cc2)ccc1OCc1cscn1. The lowest BCUT2D eigenvalue weighted by Gasteiger charge is -2.18. The fraction of sp³-hybridized carbons (Fsp3) is 0.200. The van der Waals surface area contributed by atoms with E-state index in [1.54, 1.807) is 47.8 Å². The van der Waals surface area contributed by atoms with Gasteiger partial charge < -0.3 is 14.4 Å². The predicted octanol–water partition coefficient (Wildman–Crippen LogP) is 4.14. The minimum atomic E-state index is -0.300. The van der Waals surface area contributed by atoms with Crippen LogP contribution in [0.2, 0.25) is 0 Å². The number of methoxy groups -OCH3 is 1. The standard InChI is InChI=1S/C20H19FN2O3S/c1-23(10-14-3-6-16(21)7-4-14)20(24)15-5-8-18(19(9-15)25-2)26-11-17-12-27-13-22-17/h3-9,12-13H,10-11H2,1-2H3. The summed E-state index contributed by atoms with van der Waals surface area (Å²) in [6.45, 7) is 0.709. The van der Waals surface area contributed by atoms with Crippen LogP contribution in [0.4, 0.5) is 4.39 Å². The lowest BCUT2D eigenvalue weighted by atomic mass is 10.1. The van der Waals surface area contributed by atoms with Gasteiger partial charge in [0, 0.05) is 24.5 Å². The molecule has 5 nitrogen and oxygen atoms in total. The van der Waals surface area contributed by atoms with E-state index in [1.807, 2.05) is 5.38 Å². The lowest BCUT2D eigenvalue weighted by molar-refractivity contribution is 0.0784. The van der Waals surface area contributed by atoms with Crippen LogP contribution >= 0.6 is 11.3 Å². The highest BCUT2D eigenvalue weighted by molar-refractivity contribution is 7.07. The number of rotatable bonds is 7. The Balaban J connectivity index is 1.69. The van der Waals surface area contributed by atoms with E-state index < -0.39 is 0 Å². The Kier molecular flexibility index (Phi) is 6.03. The second-order valence-corrected chi connectivity index (χ2v) is 6.64. The van der Waals surface area contributed by atoms with Gasteiger partial charge in [-0.25, -0.2) is 9.37 Å². The number of amides is 1. The van der Waals surface area contributed by atoms with Crippen LogP contribution in [0.1, 0.15) is 21.6 Å². The highest BCUT2D eigenvalue weighted by atomic mass is 32.1. The Morgan fingerprint density at radius 2 is 1.96 bits per heavy atom. The molecule has 0 spiro atoms. The van der Waals surface area contributed by atoms with E-state index in [4.69, 9.17) is 9.47 Å². The van der Waals surface area contributed by atoms with Gasteiger partial charge >= 0.3 is 0 Å². The van der Waals surface area contributed by atoms with Gasteiger partial charge in [0.25, 0.3) is 5.91 Å². The van der Waals surface area contributed by atoms with E-state index in [0.717, 1.165) is 11.3 Å². The monoisotopic (exact) mass is 386 g/mol. The molecule has 0 fully saturated rings. The second-order valence-electron chi connectivity index (χ2n) is 5.92. The first-order chi connectivity index (χ1) is 13.1. The maximum atomic E-state index is 13.0. The Morgan fingerprint density at radius 1 is 1.19 bits per heavy atom. The van der Waals surface area contributed by atoms with Crippen molar-refractivity contribution in [1.29, 1.82) is 0 Å². The van der Waals surface area contributed by atoms with Crippen molar-refractivity contribution in [2.24, 2.45) is 0 Å². The zero-order chi connectivity index (χ0) is 19.2. The summed E-state index contributed by atoms with van der Waals surface area (Å²) in [6, 6.07) is 11.1. The average molecular weight is 386 g/mol. The van der Waals surface area contributed by atoms with Crippen LogP contribution in [0.3, 0.4) is 0 Å². The maximum Gasteiger partial charge on any atom is 0.254 e. The summed E-state index contributed by atoms with van der Waals surface area (Å²) in [6.07, 6.45) is 0. The van der Waals surface area contributed by atoms with E-state index in [2.05, 4.69) is 4.98 Å². The first kappa shape index (κ1) is 18.8. The molecule has 140 valence electrons. The molecule has 0 atom stereocenters. The molecule has 0 N–H and O–H groups in total. The van der Waals surface area contributed by atoms with E-state index in [9.17, 15) is 9.18 Å². The summed E-state index contributed by atoms with van der Waals surface area (Å²) in [4.78, 5) is 18.4. The summed E-state index contributed by atoms with van der Waals surface area (Å²) < 4.78 is 24.1. The molecule has 1 aromatic heterocycles. The van der Waals surface area contributed by atoms with Crippen LogP contribution in [0.5, 0.6) is 11.5 Å². The molecule has 27 heavy (non-hydrogen) atoms. The van der Waals surface area contributed by atoms with Crippen LogP contribution in [-0.2, 0) is 13.2 Å². The van der Waals surface area contributed by atoms with Crippen molar-refractivity contribution >= 4 is 17.2 Å². The predicted molar refractivity (Wildman–Crippen MR) is 102 cm³/mol. The third-order valence-electron chi connectivity index (χ3n) is 3.95. The van der Waals surface area contributed by atoms with E-state index in [1.165, 1.54) is 30.6 Å². The molecule has 2 aromatic carbocycles. The Bertz CT molecular complexity index is 898. The maximum absolute atomic E-state index is 13.0. The zero-order valence-corrected chi connectivity index (χ0v) is 15.8. The minimum Gasteiger partial charge on any atom is -0.493 e. The number of nitrogens with zero attached hydrogens (tertiary/aromatic N) is 2. The number of hydrogen-bond acceptors (Lipinski definition) is 5. The molecule has 1 amide bonds. The Hall–Kier alpha value is -2.93. The number of hydrogen-bond donors (Lipinski definition) is 0. The van der Waals surface area contributed by atoms with Crippen LogP contribution in [-0.4, -0.2) is 29.9 Å². The molecule has 0 bridgehead atoms. The molecule has 0 aliphatic rings. The van der Waals surface area contributed by atoms with Crippen molar-refractivity contribution in [3.63, 3.8) is 0 Å². The van der Waals surface area contributed by atoms with E-state index in [0.29, 0.717) is 30.2 Å². The molecule has 0 saturated heterocycles. The van der Waals surface area contributed by atoms with Crippen molar-refractivity contribution in [3.8, 4) is 11.5 Å². The summed E-state index contributed by atoms with van der Waals surface area (Å²) in [7, 11) is 3.23. The molecule has 0 aliphatic heterocycles. The first-order valence-electron chi connectivity index (χ1n) is 8.24. The van der Waals surface area contributed by atoms with Gasteiger partial charge in [0.2, 0.25) is 0 Å². The smallest absolute Gasteiger partial charge is 0.254 e. The van der Waals surface area contributed by atoms with Crippen molar-refractivity contribution in [2.75, 3.05) is 14.2 Å². The van der Waals surface area contributed by atoms with E-state index >= 15 is 0 Å². The number of thiazole rings is 1. The third-order valence-corrected chi connectivity index (χ3v) is 4.58. The summed E-state index contributed by atoms with van der Waals surface area (Å²) in [5, 5.41) is 1.91. The molecule has 0 aliphatic carbocycles. The van der Waals surface area contributed by atoms with Gasteiger partial charge in [-0.3, -0.25) is 4.79 Å². The lowest BCUT2D eigenvalue weighted by Crippen LogP contribution is -2.26. The molecule has 0 unspecified atom stereocenters. The number of aromatic nitrogens is 1.